The molecule has 4 nitrogen and oxygen atoms in total. The Kier molecular flexibility index (Phi) is 6.75. The second kappa shape index (κ2) is 8.84. The Bertz CT molecular complexity index is 531. The van der Waals surface area contributed by atoms with Crippen LogP contribution in [0.2, 0.25) is 0 Å². The van der Waals surface area contributed by atoms with Crippen molar-refractivity contribution in [3.8, 4) is 10.6 Å². The minimum atomic E-state index is -0.231. The van der Waals surface area contributed by atoms with Crippen molar-refractivity contribution < 1.29 is 13.9 Å². The number of hydrogen-bond acceptors (Lipinski definition) is 5. The molecule has 0 fully saturated rings. The molecule has 0 saturated carbocycles. The van der Waals surface area contributed by atoms with E-state index in [9.17, 15) is 4.39 Å². The molecule has 0 spiro atoms. The van der Waals surface area contributed by atoms with Crippen molar-refractivity contribution in [1.82, 2.24) is 10.3 Å². The lowest BCUT2D eigenvalue weighted by Crippen LogP contribution is -2.20. The molecule has 0 atom stereocenters. The maximum absolute atomic E-state index is 12.9. The number of methoxy groups -OCH3 is 1. The van der Waals surface area contributed by atoms with E-state index in [1.807, 2.05) is 5.38 Å². The van der Waals surface area contributed by atoms with Crippen LogP contribution < -0.4 is 5.32 Å². The van der Waals surface area contributed by atoms with Crippen molar-refractivity contribution in [2.45, 2.75) is 6.54 Å². The summed E-state index contributed by atoms with van der Waals surface area (Å²) in [5.41, 5.74) is 1.92. The summed E-state index contributed by atoms with van der Waals surface area (Å²) in [6.45, 7) is 3.35. The zero-order chi connectivity index (χ0) is 14.9. The third-order valence-electron chi connectivity index (χ3n) is 2.80. The number of ether oxygens (including phenoxy) is 2. The van der Waals surface area contributed by atoms with Crippen molar-refractivity contribution >= 4 is 11.3 Å². The van der Waals surface area contributed by atoms with E-state index in [1.54, 1.807) is 30.6 Å². The Hall–Kier alpha value is -1.34. The third-order valence-corrected chi connectivity index (χ3v) is 3.74. The van der Waals surface area contributed by atoms with Gasteiger partial charge in [-0.15, -0.1) is 11.3 Å². The molecule has 0 radical (unpaired) electrons. The van der Waals surface area contributed by atoms with Crippen LogP contribution in [0.4, 0.5) is 4.39 Å². The summed E-state index contributed by atoms with van der Waals surface area (Å²) in [5.74, 6) is -0.231. The average Bonchev–Trinajstić information content (AvgIpc) is 2.96. The molecule has 1 aromatic carbocycles. The van der Waals surface area contributed by atoms with E-state index in [-0.39, 0.29) is 5.82 Å². The summed E-state index contributed by atoms with van der Waals surface area (Å²) in [7, 11) is 1.66. The minimum absolute atomic E-state index is 0.231. The van der Waals surface area contributed by atoms with Gasteiger partial charge in [-0.3, -0.25) is 0 Å². The van der Waals surface area contributed by atoms with Crippen LogP contribution >= 0.6 is 11.3 Å². The van der Waals surface area contributed by atoms with Gasteiger partial charge in [-0.25, -0.2) is 9.37 Å². The van der Waals surface area contributed by atoms with Crippen molar-refractivity contribution in [3.05, 3.63) is 41.2 Å². The lowest BCUT2D eigenvalue weighted by atomic mass is 10.2. The first kappa shape index (κ1) is 16.0. The highest BCUT2D eigenvalue weighted by Crippen LogP contribution is 2.23. The molecule has 1 heterocycles. The molecule has 0 unspecified atom stereocenters. The van der Waals surface area contributed by atoms with Crippen LogP contribution in [0.5, 0.6) is 0 Å². The molecule has 0 aliphatic carbocycles. The highest BCUT2D eigenvalue weighted by Gasteiger charge is 2.04. The molecule has 21 heavy (non-hydrogen) atoms. The fourth-order valence-electron chi connectivity index (χ4n) is 1.72. The van der Waals surface area contributed by atoms with Gasteiger partial charge in [0, 0.05) is 31.1 Å². The van der Waals surface area contributed by atoms with E-state index in [0.717, 1.165) is 22.8 Å². The van der Waals surface area contributed by atoms with Crippen molar-refractivity contribution in [2.24, 2.45) is 0 Å². The zero-order valence-electron chi connectivity index (χ0n) is 12.0. The van der Waals surface area contributed by atoms with Gasteiger partial charge in [0.05, 0.1) is 25.5 Å². The second-order valence-corrected chi connectivity index (χ2v) is 5.29. The molecule has 114 valence electrons. The smallest absolute Gasteiger partial charge is 0.123 e. The monoisotopic (exact) mass is 310 g/mol. The Morgan fingerprint density at radius 1 is 1.19 bits per heavy atom. The van der Waals surface area contributed by atoms with Gasteiger partial charge in [-0.1, -0.05) is 0 Å². The largest absolute Gasteiger partial charge is 0.382 e. The Balaban J connectivity index is 1.72. The number of thiazole rings is 1. The van der Waals surface area contributed by atoms with Crippen molar-refractivity contribution in [2.75, 3.05) is 33.5 Å². The molecule has 0 saturated heterocycles. The maximum Gasteiger partial charge on any atom is 0.123 e. The molecule has 0 aliphatic heterocycles. The summed E-state index contributed by atoms with van der Waals surface area (Å²) in [5, 5.41) is 6.19. The van der Waals surface area contributed by atoms with E-state index >= 15 is 0 Å². The quantitative estimate of drug-likeness (QED) is 0.723. The second-order valence-electron chi connectivity index (χ2n) is 4.43. The molecule has 6 heteroatoms. The molecule has 0 amide bonds. The Labute approximate surface area is 127 Å². The van der Waals surface area contributed by atoms with Crippen molar-refractivity contribution in [3.63, 3.8) is 0 Å². The zero-order valence-corrected chi connectivity index (χ0v) is 12.8. The predicted molar refractivity (Wildman–Crippen MR) is 81.9 cm³/mol. The topological polar surface area (TPSA) is 43.4 Å². The average molecular weight is 310 g/mol. The van der Waals surface area contributed by atoms with Crippen LogP contribution in [0.1, 0.15) is 5.69 Å². The predicted octanol–water partition coefficient (Wildman–Crippen LogP) is 2.70. The van der Waals surface area contributed by atoms with Gasteiger partial charge in [0.1, 0.15) is 10.8 Å². The third kappa shape index (κ3) is 5.51. The summed E-state index contributed by atoms with van der Waals surface area (Å²) in [4.78, 5) is 4.53. The summed E-state index contributed by atoms with van der Waals surface area (Å²) in [6, 6.07) is 6.39. The SMILES string of the molecule is COCCOCCNCc1csc(-c2ccc(F)cc2)n1. The van der Waals surface area contributed by atoms with Gasteiger partial charge in [0.25, 0.3) is 0 Å². The van der Waals surface area contributed by atoms with Gasteiger partial charge in [0.15, 0.2) is 0 Å². The van der Waals surface area contributed by atoms with Crippen LogP contribution in [0.25, 0.3) is 10.6 Å². The van der Waals surface area contributed by atoms with E-state index in [4.69, 9.17) is 9.47 Å². The molecule has 2 rings (SSSR count). The lowest BCUT2D eigenvalue weighted by molar-refractivity contribution is 0.0719. The molecular formula is C15H19FN2O2S. The van der Waals surface area contributed by atoms with Crippen LogP contribution in [-0.4, -0.2) is 38.5 Å². The summed E-state index contributed by atoms with van der Waals surface area (Å²) in [6.07, 6.45) is 0. The number of rotatable bonds is 9. The van der Waals surface area contributed by atoms with Crippen LogP contribution in [-0.2, 0) is 16.0 Å². The number of hydrogen-bond donors (Lipinski definition) is 1. The van der Waals surface area contributed by atoms with Gasteiger partial charge in [0.2, 0.25) is 0 Å². The fourth-order valence-corrected chi connectivity index (χ4v) is 2.54. The lowest BCUT2D eigenvalue weighted by Gasteiger charge is -2.04. The van der Waals surface area contributed by atoms with Gasteiger partial charge >= 0.3 is 0 Å². The van der Waals surface area contributed by atoms with Crippen molar-refractivity contribution in [1.29, 1.82) is 0 Å². The number of nitrogens with one attached hydrogen (secondary N) is 1. The number of nitrogens with zero attached hydrogens (tertiary/aromatic N) is 1. The van der Waals surface area contributed by atoms with Gasteiger partial charge in [-0.2, -0.15) is 0 Å². The van der Waals surface area contributed by atoms with Gasteiger partial charge in [-0.05, 0) is 24.3 Å². The molecule has 1 N–H and O–H groups in total. The molecule has 1 aromatic heterocycles. The molecule has 0 aliphatic rings. The maximum atomic E-state index is 12.9. The highest BCUT2D eigenvalue weighted by atomic mass is 32.1. The van der Waals surface area contributed by atoms with Crippen LogP contribution in [0.3, 0.4) is 0 Å². The van der Waals surface area contributed by atoms with E-state index < -0.39 is 0 Å². The number of aromatic nitrogens is 1. The van der Waals surface area contributed by atoms with Crippen LogP contribution in [0, 0.1) is 5.82 Å². The standard InChI is InChI=1S/C15H19FN2O2S/c1-19-8-9-20-7-6-17-10-14-11-21-15(18-14)12-2-4-13(16)5-3-12/h2-5,11,17H,6-10H2,1H3. The van der Waals surface area contributed by atoms with Gasteiger partial charge < -0.3 is 14.8 Å². The first-order valence-electron chi connectivity index (χ1n) is 6.77. The molecular weight excluding hydrogens is 291 g/mol. The highest BCUT2D eigenvalue weighted by molar-refractivity contribution is 7.13. The summed E-state index contributed by atoms with van der Waals surface area (Å²) < 4.78 is 23.1. The number of benzene rings is 1. The first-order valence-corrected chi connectivity index (χ1v) is 7.65. The van der Waals surface area contributed by atoms with E-state index in [2.05, 4.69) is 10.3 Å². The van der Waals surface area contributed by atoms with E-state index in [1.165, 1.54) is 12.1 Å². The Morgan fingerprint density at radius 3 is 2.76 bits per heavy atom. The molecule has 2 aromatic rings. The number of halogens is 1. The Morgan fingerprint density at radius 2 is 2.00 bits per heavy atom. The minimum Gasteiger partial charge on any atom is -0.382 e. The normalized spacial score (nSPS) is 11.0. The summed E-state index contributed by atoms with van der Waals surface area (Å²) >= 11 is 1.56. The molecule has 0 bridgehead atoms. The van der Waals surface area contributed by atoms with Crippen LogP contribution in [0.15, 0.2) is 29.6 Å². The fraction of sp³-hybridized carbons (Fsp3) is 0.400. The first-order chi connectivity index (χ1) is 10.3. The van der Waals surface area contributed by atoms with E-state index in [0.29, 0.717) is 26.4 Å².